The van der Waals surface area contributed by atoms with E-state index in [-0.39, 0.29) is 17.5 Å². The van der Waals surface area contributed by atoms with Gasteiger partial charge in [0, 0.05) is 11.7 Å². The Kier molecular flexibility index (Phi) is 9.68. The van der Waals surface area contributed by atoms with E-state index in [1.165, 1.54) is 4.31 Å². The molecule has 0 unspecified atom stereocenters. The molecule has 0 bridgehead atoms. The molecule has 2 aromatic carbocycles. The second-order valence-corrected chi connectivity index (χ2v) is 11.5. The summed E-state index contributed by atoms with van der Waals surface area (Å²) < 4.78 is 34.4. The standard InChI is InChI=1S/C28H38N2O5S/c1-5-6-16-35-28(32)23-12-14-24(15-13-23)29-26(31)19-30(25-10-8-7-9-11-25)36(33,34)27-21(3)17-20(2)18-22(27)4/h12-15,17-18,25H,5-11,16,19H2,1-4H3,(H,29,31). The summed E-state index contributed by atoms with van der Waals surface area (Å²) in [6, 6.07) is 9.97. The number of esters is 1. The van der Waals surface area contributed by atoms with Crippen LogP contribution in [0.1, 0.15) is 78.9 Å². The van der Waals surface area contributed by atoms with Crippen molar-refractivity contribution in [2.45, 2.75) is 83.6 Å². The van der Waals surface area contributed by atoms with E-state index in [0.29, 0.717) is 29.0 Å². The summed E-state index contributed by atoms with van der Waals surface area (Å²) in [5.74, 6) is -0.815. The molecule has 0 atom stereocenters. The average Bonchev–Trinajstić information content (AvgIpc) is 2.82. The Morgan fingerprint density at radius 1 is 1.00 bits per heavy atom. The first-order valence-electron chi connectivity index (χ1n) is 12.8. The topological polar surface area (TPSA) is 92.8 Å². The van der Waals surface area contributed by atoms with Gasteiger partial charge in [-0.2, -0.15) is 4.31 Å². The monoisotopic (exact) mass is 514 g/mol. The number of amides is 1. The van der Waals surface area contributed by atoms with Gasteiger partial charge >= 0.3 is 5.97 Å². The first-order valence-corrected chi connectivity index (χ1v) is 14.2. The lowest BCUT2D eigenvalue weighted by Gasteiger charge is -2.33. The molecule has 1 N–H and O–H groups in total. The Hall–Kier alpha value is -2.71. The van der Waals surface area contributed by atoms with Crippen LogP contribution in [-0.4, -0.2) is 43.8 Å². The fourth-order valence-corrected chi connectivity index (χ4v) is 6.95. The van der Waals surface area contributed by atoms with Gasteiger partial charge < -0.3 is 10.1 Å². The lowest BCUT2D eigenvalue weighted by molar-refractivity contribution is -0.116. The van der Waals surface area contributed by atoms with E-state index in [1.54, 1.807) is 38.1 Å². The average molecular weight is 515 g/mol. The molecule has 3 rings (SSSR count). The Morgan fingerprint density at radius 2 is 1.61 bits per heavy atom. The quantitative estimate of drug-likeness (QED) is 0.332. The van der Waals surface area contributed by atoms with Crippen molar-refractivity contribution in [2.24, 2.45) is 0 Å². The molecule has 1 fully saturated rings. The molecule has 36 heavy (non-hydrogen) atoms. The Morgan fingerprint density at radius 3 is 2.19 bits per heavy atom. The van der Waals surface area contributed by atoms with Crippen LogP contribution in [0.15, 0.2) is 41.3 Å². The summed E-state index contributed by atoms with van der Waals surface area (Å²) in [4.78, 5) is 25.5. The number of rotatable bonds is 10. The molecule has 0 aliphatic heterocycles. The highest BCUT2D eigenvalue weighted by Gasteiger charge is 2.35. The third-order valence-electron chi connectivity index (χ3n) is 6.59. The molecule has 0 saturated heterocycles. The maximum absolute atomic E-state index is 13.9. The van der Waals surface area contributed by atoms with Gasteiger partial charge in [0.15, 0.2) is 0 Å². The maximum atomic E-state index is 13.9. The van der Waals surface area contributed by atoms with Gasteiger partial charge in [-0.1, -0.05) is 50.3 Å². The first kappa shape index (κ1) is 27.9. The number of carbonyl (C=O) groups excluding carboxylic acids is 2. The zero-order valence-electron chi connectivity index (χ0n) is 21.8. The molecule has 0 radical (unpaired) electrons. The van der Waals surface area contributed by atoms with Gasteiger partial charge in [-0.15, -0.1) is 0 Å². The molecule has 1 aliphatic rings. The van der Waals surface area contributed by atoms with Crippen molar-refractivity contribution in [2.75, 3.05) is 18.5 Å². The van der Waals surface area contributed by atoms with Gasteiger partial charge in [-0.05, 0) is 75.4 Å². The molecule has 1 aliphatic carbocycles. The highest BCUT2D eigenvalue weighted by atomic mass is 32.2. The van der Waals surface area contributed by atoms with Crippen molar-refractivity contribution in [3.63, 3.8) is 0 Å². The van der Waals surface area contributed by atoms with Crippen LogP contribution >= 0.6 is 0 Å². The summed E-state index contributed by atoms with van der Waals surface area (Å²) in [5.41, 5.74) is 3.28. The van der Waals surface area contributed by atoms with E-state index in [1.807, 2.05) is 26.0 Å². The van der Waals surface area contributed by atoms with Crippen molar-refractivity contribution in [3.8, 4) is 0 Å². The zero-order valence-corrected chi connectivity index (χ0v) is 22.6. The number of hydrogen-bond donors (Lipinski definition) is 1. The summed E-state index contributed by atoms with van der Waals surface area (Å²) in [5, 5.41) is 2.79. The third-order valence-corrected chi connectivity index (χ3v) is 8.79. The summed E-state index contributed by atoms with van der Waals surface area (Å²) in [7, 11) is -3.88. The second-order valence-electron chi connectivity index (χ2n) is 9.68. The van der Waals surface area contributed by atoms with Gasteiger partial charge in [0.05, 0.1) is 23.6 Å². The molecule has 1 amide bonds. The number of sulfonamides is 1. The van der Waals surface area contributed by atoms with Crippen LogP contribution in [0.2, 0.25) is 0 Å². The molecule has 7 nitrogen and oxygen atoms in total. The molecule has 0 aromatic heterocycles. The number of ether oxygens (including phenoxy) is 1. The SMILES string of the molecule is CCCCOC(=O)c1ccc(NC(=O)CN(C2CCCCC2)S(=O)(=O)c2c(C)cc(C)cc2C)cc1. The Bertz CT molecular complexity index is 1150. The Labute approximate surface area is 215 Å². The van der Waals surface area contributed by atoms with Crippen LogP contribution < -0.4 is 5.32 Å². The van der Waals surface area contributed by atoms with Crippen molar-refractivity contribution < 1.29 is 22.7 Å². The van der Waals surface area contributed by atoms with Crippen LogP contribution in [0, 0.1) is 20.8 Å². The number of carbonyl (C=O) groups is 2. The van der Waals surface area contributed by atoms with Crippen molar-refractivity contribution in [1.82, 2.24) is 4.31 Å². The molecule has 1 saturated carbocycles. The molecule has 8 heteroatoms. The minimum Gasteiger partial charge on any atom is -0.462 e. The predicted octanol–water partition coefficient (Wildman–Crippen LogP) is 5.53. The highest BCUT2D eigenvalue weighted by molar-refractivity contribution is 7.89. The van der Waals surface area contributed by atoms with Gasteiger partial charge in [-0.3, -0.25) is 4.79 Å². The lowest BCUT2D eigenvalue weighted by atomic mass is 9.95. The normalized spacial score (nSPS) is 14.6. The number of benzene rings is 2. The molecule has 196 valence electrons. The van der Waals surface area contributed by atoms with Gasteiger partial charge in [0.1, 0.15) is 0 Å². The minimum absolute atomic E-state index is 0.213. The van der Waals surface area contributed by atoms with E-state index in [9.17, 15) is 18.0 Å². The first-order chi connectivity index (χ1) is 17.1. The largest absolute Gasteiger partial charge is 0.462 e. The van der Waals surface area contributed by atoms with Crippen LogP contribution in [0.25, 0.3) is 0 Å². The number of anilines is 1. The molecule has 0 spiro atoms. The molecule has 0 heterocycles. The lowest BCUT2D eigenvalue weighted by Crippen LogP contribution is -2.46. The fraction of sp³-hybridized carbons (Fsp3) is 0.500. The fourth-order valence-electron chi connectivity index (χ4n) is 4.89. The maximum Gasteiger partial charge on any atom is 0.338 e. The minimum atomic E-state index is -3.88. The van der Waals surface area contributed by atoms with Crippen LogP contribution in [-0.2, 0) is 19.6 Å². The van der Waals surface area contributed by atoms with Crippen LogP contribution in [0.4, 0.5) is 5.69 Å². The van der Waals surface area contributed by atoms with E-state index < -0.39 is 21.9 Å². The van der Waals surface area contributed by atoms with Crippen molar-refractivity contribution in [1.29, 1.82) is 0 Å². The number of nitrogens with zero attached hydrogens (tertiary/aromatic N) is 1. The number of hydrogen-bond acceptors (Lipinski definition) is 5. The summed E-state index contributed by atoms with van der Waals surface area (Å²) in [6.07, 6.45) is 6.19. The summed E-state index contributed by atoms with van der Waals surface area (Å²) >= 11 is 0. The van der Waals surface area contributed by atoms with Crippen molar-refractivity contribution in [3.05, 3.63) is 58.7 Å². The Balaban J connectivity index is 1.78. The van der Waals surface area contributed by atoms with Gasteiger partial charge in [0.2, 0.25) is 15.9 Å². The van der Waals surface area contributed by atoms with Gasteiger partial charge in [-0.25, -0.2) is 13.2 Å². The number of nitrogens with one attached hydrogen (secondary N) is 1. The van der Waals surface area contributed by atoms with E-state index in [2.05, 4.69) is 5.32 Å². The number of aryl methyl sites for hydroxylation is 3. The van der Waals surface area contributed by atoms with E-state index in [4.69, 9.17) is 4.74 Å². The predicted molar refractivity (Wildman–Crippen MR) is 142 cm³/mol. The second kappa shape index (κ2) is 12.5. The smallest absolute Gasteiger partial charge is 0.338 e. The molecular formula is C28H38N2O5S. The van der Waals surface area contributed by atoms with Crippen molar-refractivity contribution >= 4 is 27.6 Å². The zero-order chi connectivity index (χ0) is 26.3. The number of unbranched alkanes of at least 4 members (excludes halogenated alkanes) is 1. The molecular weight excluding hydrogens is 476 g/mol. The summed E-state index contributed by atoms with van der Waals surface area (Å²) in [6.45, 7) is 7.69. The van der Waals surface area contributed by atoms with E-state index in [0.717, 1.165) is 50.5 Å². The van der Waals surface area contributed by atoms with E-state index >= 15 is 0 Å². The third kappa shape index (κ3) is 6.95. The molecule has 2 aromatic rings. The highest BCUT2D eigenvalue weighted by Crippen LogP contribution is 2.31. The van der Waals surface area contributed by atoms with Crippen LogP contribution in [0.3, 0.4) is 0 Å². The van der Waals surface area contributed by atoms with Crippen LogP contribution in [0.5, 0.6) is 0 Å². The van der Waals surface area contributed by atoms with Gasteiger partial charge in [0.25, 0.3) is 0 Å².